The lowest BCUT2D eigenvalue weighted by Gasteiger charge is -2.20. The Kier molecular flexibility index (Phi) is 38.4. The van der Waals surface area contributed by atoms with Crippen LogP contribution in [0.1, 0.15) is 187 Å². The van der Waals surface area contributed by atoms with Crippen LogP contribution in [0.15, 0.2) is 48.6 Å². The average molecular weight is 826 g/mol. The van der Waals surface area contributed by atoms with Crippen LogP contribution in [0.3, 0.4) is 0 Å². The lowest BCUT2D eigenvalue weighted by Crippen LogP contribution is -2.34. The van der Waals surface area contributed by atoms with Crippen LogP contribution in [0.4, 0.5) is 0 Å². The quantitative estimate of drug-likeness (QED) is 0.0232. The van der Waals surface area contributed by atoms with Crippen LogP contribution in [0, 0.1) is 0 Å². The second-order valence-corrected chi connectivity index (χ2v) is 16.3. The summed E-state index contributed by atoms with van der Waals surface area (Å²) in [5.41, 5.74) is 5.33. The minimum Gasteiger partial charge on any atom is -0.480 e. The van der Waals surface area contributed by atoms with Crippen molar-refractivity contribution in [3.8, 4) is 0 Å². The molecule has 330 valence electrons. The van der Waals surface area contributed by atoms with Crippen LogP contribution < -0.4 is 5.73 Å². The molecule has 0 bridgehead atoms. The van der Waals surface area contributed by atoms with Gasteiger partial charge in [-0.2, -0.15) is 0 Å². The number of ether oxygens (including phenoxy) is 2. The molecule has 0 amide bonds. The largest absolute Gasteiger partial charge is 0.480 e. The number of phosphoric acid groups is 1. The summed E-state index contributed by atoms with van der Waals surface area (Å²) in [6.07, 6.45) is 44.5. The first kappa shape index (κ1) is 54.4. The number of esters is 2. The summed E-state index contributed by atoms with van der Waals surface area (Å²) in [5, 5.41) is 8.89. The first-order chi connectivity index (χ1) is 27.6. The van der Waals surface area contributed by atoms with E-state index >= 15 is 0 Å². The maximum absolute atomic E-state index is 12.6. The molecule has 57 heavy (non-hydrogen) atoms. The number of rotatable bonds is 41. The number of unbranched alkanes of at least 4 members (excludes halogenated alkanes) is 19. The number of aliphatic carboxylic acids is 1. The van der Waals surface area contributed by atoms with Gasteiger partial charge in [-0.05, 0) is 51.4 Å². The molecular weight excluding hydrogens is 745 g/mol. The Morgan fingerprint density at radius 2 is 0.982 bits per heavy atom. The number of hydrogen-bond donors (Lipinski definition) is 3. The lowest BCUT2D eigenvalue weighted by atomic mass is 10.0. The van der Waals surface area contributed by atoms with Crippen LogP contribution in [0.2, 0.25) is 0 Å². The number of nitrogens with two attached hydrogens (primary N) is 1. The van der Waals surface area contributed by atoms with Gasteiger partial charge in [-0.3, -0.25) is 23.4 Å². The normalized spacial score (nSPS) is 14.2. The highest BCUT2D eigenvalue weighted by Gasteiger charge is 2.28. The van der Waals surface area contributed by atoms with E-state index in [1.165, 1.54) is 64.2 Å². The molecule has 12 heteroatoms. The van der Waals surface area contributed by atoms with Crippen molar-refractivity contribution in [2.75, 3.05) is 19.8 Å². The SMILES string of the molecule is CC/C=C\C/C=C\C/C=C\C/C=C\CCCCCCCCC(=O)OC(COC(=O)CCCCCCCCCCCCCCCC)COP(=O)(O)OCC(N)C(=O)O. The fourth-order valence-electron chi connectivity index (χ4n) is 5.88. The van der Waals surface area contributed by atoms with Gasteiger partial charge in [0.2, 0.25) is 0 Å². The van der Waals surface area contributed by atoms with Crippen molar-refractivity contribution >= 4 is 25.7 Å². The molecule has 0 rings (SSSR count). The molecule has 0 fully saturated rings. The van der Waals surface area contributed by atoms with Gasteiger partial charge in [0, 0.05) is 12.8 Å². The highest BCUT2D eigenvalue weighted by Crippen LogP contribution is 2.43. The van der Waals surface area contributed by atoms with Crippen molar-refractivity contribution in [3.05, 3.63) is 48.6 Å². The monoisotopic (exact) mass is 826 g/mol. The van der Waals surface area contributed by atoms with Crippen LogP contribution in [-0.4, -0.2) is 59.9 Å². The number of allylic oxidation sites excluding steroid dienone is 8. The molecule has 0 aliphatic rings. The molecule has 0 heterocycles. The van der Waals surface area contributed by atoms with Crippen molar-refractivity contribution in [2.45, 2.75) is 199 Å². The number of phosphoric ester groups is 1. The molecule has 0 radical (unpaired) electrons. The summed E-state index contributed by atoms with van der Waals surface area (Å²) < 4.78 is 32.7. The molecule has 4 N–H and O–H groups in total. The molecule has 0 saturated heterocycles. The minimum absolute atomic E-state index is 0.145. The first-order valence-electron chi connectivity index (χ1n) is 22.2. The molecule has 0 aromatic heterocycles. The first-order valence-corrected chi connectivity index (χ1v) is 23.7. The molecule has 0 saturated carbocycles. The van der Waals surface area contributed by atoms with E-state index in [0.29, 0.717) is 12.8 Å². The predicted molar refractivity (Wildman–Crippen MR) is 231 cm³/mol. The Hall–Kier alpha value is -2.56. The Labute approximate surface area is 345 Å². The Balaban J connectivity index is 4.37. The number of hydrogen-bond acceptors (Lipinski definition) is 9. The van der Waals surface area contributed by atoms with Crippen molar-refractivity contribution < 1.29 is 47.5 Å². The topological polar surface area (TPSA) is 172 Å². The number of carbonyl (C=O) groups is 3. The zero-order chi connectivity index (χ0) is 42.1. The summed E-state index contributed by atoms with van der Waals surface area (Å²) in [7, 11) is -4.72. The van der Waals surface area contributed by atoms with Crippen LogP contribution >= 0.6 is 7.82 Å². The maximum Gasteiger partial charge on any atom is 0.472 e. The summed E-state index contributed by atoms with van der Waals surface area (Å²) in [6, 6.07) is -1.52. The van der Waals surface area contributed by atoms with E-state index < -0.39 is 51.1 Å². The number of carboxylic acids is 1. The lowest BCUT2D eigenvalue weighted by molar-refractivity contribution is -0.161. The minimum atomic E-state index is -4.72. The number of carboxylic acid groups (broad SMARTS) is 1. The molecular formula is C45H80NO10P. The van der Waals surface area contributed by atoms with E-state index in [1.807, 2.05) is 0 Å². The van der Waals surface area contributed by atoms with Gasteiger partial charge in [-0.15, -0.1) is 0 Å². The fraction of sp³-hybridized carbons (Fsp3) is 0.756. The van der Waals surface area contributed by atoms with Crippen molar-refractivity contribution in [1.82, 2.24) is 0 Å². The summed E-state index contributed by atoms with van der Waals surface area (Å²) in [6.45, 7) is 2.68. The van der Waals surface area contributed by atoms with Gasteiger partial charge in [-0.25, -0.2) is 4.57 Å². The average Bonchev–Trinajstić information content (AvgIpc) is 3.19. The highest BCUT2D eigenvalue weighted by molar-refractivity contribution is 7.47. The summed E-state index contributed by atoms with van der Waals surface area (Å²) in [4.78, 5) is 46.0. The molecule has 0 spiro atoms. The molecule has 0 aromatic carbocycles. The Morgan fingerprint density at radius 1 is 0.561 bits per heavy atom. The summed E-state index contributed by atoms with van der Waals surface area (Å²) >= 11 is 0. The van der Waals surface area contributed by atoms with E-state index in [1.54, 1.807) is 0 Å². The maximum atomic E-state index is 12.6. The third-order valence-corrected chi connectivity index (χ3v) is 10.3. The van der Waals surface area contributed by atoms with Gasteiger partial charge in [-0.1, -0.05) is 172 Å². The van der Waals surface area contributed by atoms with E-state index in [-0.39, 0.29) is 19.4 Å². The van der Waals surface area contributed by atoms with Gasteiger partial charge in [0.1, 0.15) is 12.6 Å². The van der Waals surface area contributed by atoms with Crippen molar-refractivity contribution in [1.29, 1.82) is 0 Å². The van der Waals surface area contributed by atoms with Crippen LogP contribution in [0.25, 0.3) is 0 Å². The van der Waals surface area contributed by atoms with Gasteiger partial charge >= 0.3 is 25.7 Å². The molecule has 0 aliphatic carbocycles. The predicted octanol–water partition coefficient (Wildman–Crippen LogP) is 11.8. The third-order valence-electron chi connectivity index (χ3n) is 9.34. The standard InChI is InChI=1S/C45H80NO10P/c1-3-5-7-9-11-13-15-17-19-20-21-22-23-25-27-29-31-33-35-37-44(48)56-41(39-54-57(51,52)55-40-42(46)45(49)50)38-53-43(47)36-34-32-30-28-26-24-18-16-14-12-10-8-6-4-2/h5,7,11,13,17,19,21-22,41-42H,3-4,6,8-10,12,14-16,18,20,23-40,46H2,1-2H3,(H,49,50)(H,51,52)/b7-5-,13-11-,19-17-,22-21-. The molecule has 0 aromatic rings. The zero-order valence-electron chi connectivity index (χ0n) is 35.7. The van der Waals surface area contributed by atoms with E-state index in [4.69, 9.17) is 24.8 Å². The van der Waals surface area contributed by atoms with Crippen LogP contribution in [0.5, 0.6) is 0 Å². The Morgan fingerprint density at radius 3 is 1.47 bits per heavy atom. The van der Waals surface area contributed by atoms with Gasteiger partial charge in [0.15, 0.2) is 6.10 Å². The smallest absolute Gasteiger partial charge is 0.472 e. The van der Waals surface area contributed by atoms with Crippen molar-refractivity contribution in [3.63, 3.8) is 0 Å². The summed E-state index contributed by atoms with van der Waals surface area (Å²) in [5.74, 6) is -2.39. The van der Waals surface area contributed by atoms with Gasteiger partial charge in [0.05, 0.1) is 13.2 Å². The van der Waals surface area contributed by atoms with Gasteiger partial charge in [0.25, 0.3) is 0 Å². The zero-order valence-corrected chi connectivity index (χ0v) is 36.6. The van der Waals surface area contributed by atoms with Crippen molar-refractivity contribution in [2.24, 2.45) is 5.73 Å². The van der Waals surface area contributed by atoms with E-state index in [9.17, 15) is 23.8 Å². The second kappa shape index (κ2) is 40.2. The van der Waals surface area contributed by atoms with E-state index in [2.05, 4.69) is 67.0 Å². The molecule has 11 nitrogen and oxygen atoms in total. The van der Waals surface area contributed by atoms with Crippen LogP contribution in [-0.2, 0) is 37.5 Å². The van der Waals surface area contributed by atoms with Gasteiger partial charge < -0.3 is 25.2 Å². The van der Waals surface area contributed by atoms with E-state index in [0.717, 1.165) is 83.5 Å². The molecule has 0 aliphatic heterocycles. The fourth-order valence-corrected chi connectivity index (χ4v) is 6.66. The second-order valence-electron chi connectivity index (χ2n) is 14.8. The Bertz CT molecular complexity index is 1150. The molecule has 3 unspecified atom stereocenters. The highest BCUT2D eigenvalue weighted by atomic mass is 31.2. The number of carbonyl (C=O) groups excluding carboxylic acids is 2. The molecule has 3 atom stereocenters. The third kappa shape index (κ3) is 40.0.